The van der Waals surface area contributed by atoms with E-state index in [1.54, 1.807) is 19.1 Å². The number of nitrogens with zero attached hydrogens (tertiary/aromatic N) is 2. The van der Waals surface area contributed by atoms with Crippen molar-refractivity contribution in [3.8, 4) is 0 Å². The van der Waals surface area contributed by atoms with Crippen LogP contribution in [-0.2, 0) is 23.3 Å². The van der Waals surface area contributed by atoms with E-state index in [0.717, 1.165) is 17.8 Å². The van der Waals surface area contributed by atoms with Gasteiger partial charge < -0.3 is 4.57 Å². The van der Waals surface area contributed by atoms with E-state index in [-0.39, 0.29) is 15.7 Å². The average Bonchev–Trinajstić information content (AvgIpc) is 2.65. The topological polar surface area (TPSA) is 52.0 Å². The molecule has 6 heteroatoms. The zero-order valence-corrected chi connectivity index (χ0v) is 12.1. The summed E-state index contributed by atoms with van der Waals surface area (Å²) in [7, 11) is -1.41. The number of fused-ring (bicyclic) bond motifs is 1. The number of sulfone groups is 1. The van der Waals surface area contributed by atoms with Gasteiger partial charge in [0.05, 0.1) is 26.7 Å². The molecular weight excluding hydrogens is 272 g/mol. The van der Waals surface area contributed by atoms with Crippen LogP contribution in [0.15, 0.2) is 17.0 Å². The molecule has 1 aromatic heterocycles. The lowest BCUT2D eigenvalue weighted by Gasteiger charge is -2.05. The molecule has 0 fully saturated rings. The van der Waals surface area contributed by atoms with Crippen molar-refractivity contribution >= 4 is 32.5 Å². The van der Waals surface area contributed by atoms with Crippen LogP contribution in [0.5, 0.6) is 0 Å². The molecule has 0 aliphatic heterocycles. The number of hydrogen-bond acceptors (Lipinski definition) is 3. The zero-order valence-electron chi connectivity index (χ0n) is 10.6. The zero-order chi connectivity index (χ0) is 13.5. The highest BCUT2D eigenvalue weighted by atomic mass is 35.5. The van der Waals surface area contributed by atoms with Crippen LogP contribution in [0.25, 0.3) is 11.0 Å². The third kappa shape index (κ3) is 2.01. The summed E-state index contributed by atoms with van der Waals surface area (Å²) in [6.45, 7) is 3.61. The highest BCUT2D eigenvalue weighted by Gasteiger charge is 2.19. The van der Waals surface area contributed by atoms with Crippen LogP contribution in [0, 0.1) is 0 Å². The van der Waals surface area contributed by atoms with Gasteiger partial charge in [-0.05, 0) is 12.1 Å². The molecule has 2 rings (SSSR count). The molecule has 0 saturated carbocycles. The normalized spacial score (nSPS) is 12.2. The average molecular weight is 287 g/mol. The monoisotopic (exact) mass is 286 g/mol. The molecule has 0 bridgehead atoms. The summed E-state index contributed by atoms with van der Waals surface area (Å²) in [5, 5.41) is 0.259. The molecule has 0 unspecified atom stereocenters. The van der Waals surface area contributed by atoms with Crippen LogP contribution in [0.1, 0.15) is 19.7 Å². The van der Waals surface area contributed by atoms with E-state index in [0.29, 0.717) is 5.52 Å². The second kappa shape index (κ2) is 4.55. The van der Waals surface area contributed by atoms with Crippen LogP contribution in [-0.4, -0.2) is 23.7 Å². The highest BCUT2D eigenvalue weighted by molar-refractivity contribution is 7.91. The molecular formula is C12H15ClN2O2S. The minimum Gasteiger partial charge on any atom is -0.331 e. The number of benzene rings is 1. The van der Waals surface area contributed by atoms with Crippen molar-refractivity contribution in [3.05, 3.63) is 23.0 Å². The first-order valence-electron chi connectivity index (χ1n) is 5.78. The highest BCUT2D eigenvalue weighted by Crippen LogP contribution is 2.28. The number of hydrogen-bond donors (Lipinski definition) is 0. The second-order valence-electron chi connectivity index (χ2n) is 4.12. The summed E-state index contributed by atoms with van der Waals surface area (Å²) in [5.41, 5.74) is 1.53. The summed E-state index contributed by atoms with van der Waals surface area (Å²) >= 11 is 6.07. The molecule has 0 aliphatic carbocycles. The number of rotatable bonds is 3. The first-order chi connectivity index (χ1) is 8.40. The summed E-state index contributed by atoms with van der Waals surface area (Å²) in [6.07, 6.45) is 0.790. The summed E-state index contributed by atoms with van der Waals surface area (Å²) in [4.78, 5) is 4.59. The van der Waals surface area contributed by atoms with Gasteiger partial charge in [0, 0.05) is 13.5 Å². The van der Waals surface area contributed by atoms with Crippen molar-refractivity contribution in [3.63, 3.8) is 0 Å². The van der Waals surface area contributed by atoms with Crippen LogP contribution >= 0.6 is 11.6 Å². The van der Waals surface area contributed by atoms with Crippen molar-refractivity contribution < 1.29 is 8.42 Å². The molecule has 2 aromatic rings. The Morgan fingerprint density at radius 3 is 2.56 bits per heavy atom. The van der Waals surface area contributed by atoms with Crippen molar-refractivity contribution in [2.45, 2.75) is 25.2 Å². The maximum Gasteiger partial charge on any atom is 0.179 e. The molecule has 4 nitrogen and oxygen atoms in total. The quantitative estimate of drug-likeness (QED) is 0.871. The summed E-state index contributed by atoms with van der Waals surface area (Å²) in [6, 6.07) is 3.24. The molecule has 0 spiro atoms. The van der Waals surface area contributed by atoms with Gasteiger partial charge in [-0.25, -0.2) is 13.4 Å². The molecule has 0 aliphatic rings. The fraction of sp³-hybridized carbons (Fsp3) is 0.417. The molecule has 0 amide bonds. The van der Waals surface area contributed by atoms with E-state index in [4.69, 9.17) is 11.6 Å². The number of aromatic nitrogens is 2. The third-order valence-corrected chi connectivity index (χ3v) is 5.25. The third-order valence-electron chi connectivity index (χ3n) is 3.06. The molecule has 0 radical (unpaired) electrons. The number of aryl methyl sites for hydroxylation is 2. The Labute approximate surface area is 112 Å². The SMILES string of the molecule is CCc1nc2cc(S(=O)(=O)CC)c(Cl)cc2n1C. The second-order valence-corrected chi connectivity index (χ2v) is 6.77. The Balaban J connectivity index is 2.78. The van der Waals surface area contributed by atoms with Crippen LogP contribution in [0.4, 0.5) is 0 Å². The van der Waals surface area contributed by atoms with Gasteiger partial charge in [0.1, 0.15) is 5.82 Å². The van der Waals surface area contributed by atoms with Crippen LogP contribution in [0.2, 0.25) is 5.02 Å². The maximum atomic E-state index is 11.9. The van der Waals surface area contributed by atoms with E-state index in [1.807, 2.05) is 18.5 Å². The molecule has 18 heavy (non-hydrogen) atoms. The minimum atomic E-state index is -3.31. The van der Waals surface area contributed by atoms with Gasteiger partial charge in [0.2, 0.25) is 0 Å². The van der Waals surface area contributed by atoms with Crippen LogP contribution in [0.3, 0.4) is 0 Å². The fourth-order valence-corrected chi connectivity index (χ4v) is 3.42. The van der Waals surface area contributed by atoms with Crippen molar-refractivity contribution in [2.24, 2.45) is 7.05 Å². The summed E-state index contributed by atoms with van der Waals surface area (Å²) in [5.74, 6) is 0.943. The van der Waals surface area contributed by atoms with Gasteiger partial charge in [0.25, 0.3) is 0 Å². The lowest BCUT2D eigenvalue weighted by atomic mass is 10.3. The Hall–Kier alpha value is -1.07. The largest absolute Gasteiger partial charge is 0.331 e. The number of halogens is 1. The molecule has 0 saturated heterocycles. The predicted molar refractivity (Wildman–Crippen MR) is 72.8 cm³/mol. The Morgan fingerprint density at radius 2 is 2.00 bits per heavy atom. The molecule has 1 aromatic carbocycles. The lowest BCUT2D eigenvalue weighted by molar-refractivity contribution is 0.597. The first kappa shape index (κ1) is 13.4. The Bertz CT molecular complexity index is 704. The molecule has 98 valence electrons. The molecule has 0 N–H and O–H groups in total. The van der Waals surface area contributed by atoms with Gasteiger partial charge in [-0.15, -0.1) is 0 Å². The van der Waals surface area contributed by atoms with Gasteiger partial charge in [-0.3, -0.25) is 0 Å². The van der Waals surface area contributed by atoms with Gasteiger partial charge in [-0.2, -0.15) is 0 Å². The van der Waals surface area contributed by atoms with Gasteiger partial charge in [0.15, 0.2) is 9.84 Å². The van der Waals surface area contributed by atoms with Crippen molar-refractivity contribution in [2.75, 3.05) is 5.75 Å². The van der Waals surface area contributed by atoms with E-state index >= 15 is 0 Å². The lowest BCUT2D eigenvalue weighted by Crippen LogP contribution is -2.04. The maximum absolute atomic E-state index is 11.9. The predicted octanol–water partition coefficient (Wildman–Crippen LogP) is 2.58. The molecule has 0 atom stereocenters. The van der Waals surface area contributed by atoms with Gasteiger partial charge in [-0.1, -0.05) is 25.4 Å². The Kier molecular flexibility index (Phi) is 3.38. The number of imidazole rings is 1. The van der Waals surface area contributed by atoms with E-state index in [9.17, 15) is 8.42 Å². The standard InChI is InChI=1S/C12H15ClN2O2S/c1-4-12-14-9-7-11(18(16,17)5-2)8(13)6-10(9)15(12)3/h6-7H,4-5H2,1-3H3. The molecule has 1 heterocycles. The fourth-order valence-electron chi connectivity index (χ4n) is 1.95. The minimum absolute atomic E-state index is 0.0334. The van der Waals surface area contributed by atoms with Gasteiger partial charge >= 0.3 is 0 Å². The summed E-state index contributed by atoms with van der Waals surface area (Å²) < 4.78 is 25.7. The Morgan fingerprint density at radius 1 is 1.33 bits per heavy atom. The van der Waals surface area contributed by atoms with E-state index in [2.05, 4.69) is 4.98 Å². The van der Waals surface area contributed by atoms with Crippen LogP contribution < -0.4 is 0 Å². The van der Waals surface area contributed by atoms with Crippen molar-refractivity contribution in [1.29, 1.82) is 0 Å². The van der Waals surface area contributed by atoms with Crippen molar-refractivity contribution in [1.82, 2.24) is 9.55 Å². The van der Waals surface area contributed by atoms with E-state index < -0.39 is 9.84 Å². The smallest absolute Gasteiger partial charge is 0.179 e. The van der Waals surface area contributed by atoms with E-state index in [1.165, 1.54) is 0 Å². The first-order valence-corrected chi connectivity index (χ1v) is 7.81.